The van der Waals surface area contributed by atoms with Crippen LogP contribution in [0.1, 0.15) is 5.69 Å². The molecule has 0 aliphatic carbocycles. The highest BCUT2D eigenvalue weighted by Gasteiger charge is 2.16. The van der Waals surface area contributed by atoms with E-state index in [1.165, 1.54) is 17.5 Å². The normalized spacial score (nSPS) is 10.9. The van der Waals surface area contributed by atoms with Gasteiger partial charge in [0.05, 0.1) is 22.5 Å². The fraction of sp³-hybridized carbons (Fsp3) is 0.0556. The van der Waals surface area contributed by atoms with E-state index in [-0.39, 0.29) is 11.5 Å². The van der Waals surface area contributed by atoms with Gasteiger partial charge < -0.3 is 0 Å². The Labute approximate surface area is 151 Å². The fourth-order valence-electron chi connectivity index (χ4n) is 2.43. The van der Waals surface area contributed by atoms with Gasteiger partial charge in [0, 0.05) is 30.2 Å². The zero-order valence-corrected chi connectivity index (χ0v) is 14.3. The van der Waals surface area contributed by atoms with Gasteiger partial charge in [-0.15, -0.1) is 11.3 Å². The lowest BCUT2D eigenvalue weighted by molar-refractivity contribution is 0.575. The van der Waals surface area contributed by atoms with Gasteiger partial charge in [0.2, 0.25) is 0 Å². The second-order valence-electron chi connectivity index (χ2n) is 5.42. The highest BCUT2D eigenvalue weighted by Crippen LogP contribution is 2.34. The van der Waals surface area contributed by atoms with Crippen LogP contribution in [0.15, 0.2) is 49.1 Å². The van der Waals surface area contributed by atoms with Crippen molar-refractivity contribution in [2.45, 2.75) is 6.92 Å². The molecule has 0 aliphatic heterocycles. The summed E-state index contributed by atoms with van der Waals surface area (Å²) in [6.07, 6.45) is 5.90. The van der Waals surface area contributed by atoms with E-state index >= 15 is 0 Å². The lowest BCUT2D eigenvalue weighted by Gasteiger charge is -2.03. The highest BCUT2D eigenvalue weighted by atomic mass is 32.1. The number of rotatable bonds is 3. The van der Waals surface area contributed by atoms with E-state index in [0.717, 1.165) is 33.4 Å². The minimum Gasteiger partial charge on any atom is -0.264 e. The largest absolute Gasteiger partial charge is 0.264 e. The molecule has 4 aromatic rings. The zero-order valence-electron chi connectivity index (χ0n) is 13.5. The van der Waals surface area contributed by atoms with Crippen LogP contribution in [0.2, 0.25) is 0 Å². The van der Waals surface area contributed by atoms with Crippen LogP contribution >= 0.6 is 11.3 Å². The highest BCUT2D eigenvalue weighted by molar-refractivity contribution is 7.18. The number of nitrogens with zero attached hydrogens (tertiary/aromatic N) is 5. The van der Waals surface area contributed by atoms with Gasteiger partial charge in [0.15, 0.2) is 11.6 Å². The average Bonchev–Trinajstić information content (AvgIpc) is 3.04. The molecule has 0 fully saturated rings. The summed E-state index contributed by atoms with van der Waals surface area (Å²) in [5.74, 6) is -1.46. The molecular formula is C18H11F2N5S. The summed E-state index contributed by atoms with van der Waals surface area (Å²) in [6, 6.07) is 6.26. The minimum absolute atomic E-state index is 0.0933. The molecule has 26 heavy (non-hydrogen) atoms. The zero-order chi connectivity index (χ0) is 18.1. The third-order valence-electron chi connectivity index (χ3n) is 3.61. The Morgan fingerprint density at radius 2 is 1.88 bits per heavy atom. The first-order valence-corrected chi connectivity index (χ1v) is 8.46. The molecule has 0 unspecified atom stereocenters. The standard InChI is InChI=1S/C18H11F2N5S/c1-10-16(26-18(24-10)11-3-2-5-21-8-11)14-4-6-22-17(25-14)15-13(20)7-12(19)9-23-15/h2-9H,1H3. The Morgan fingerprint density at radius 3 is 2.65 bits per heavy atom. The molecular weight excluding hydrogens is 356 g/mol. The summed E-state index contributed by atoms with van der Waals surface area (Å²) in [7, 11) is 0. The van der Waals surface area contributed by atoms with Crippen LogP contribution < -0.4 is 0 Å². The van der Waals surface area contributed by atoms with E-state index in [2.05, 4.69) is 24.9 Å². The molecule has 0 atom stereocenters. The monoisotopic (exact) mass is 367 g/mol. The number of aryl methyl sites for hydroxylation is 1. The van der Waals surface area contributed by atoms with Crippen molar-refractivity contribution in [1.82, 2.24) is 24.9 Å². The first-order valence-electron chi connectivity index (χ1n) is 7.64. The lowest BCUT2D eigenvalue weighted by Crippen LogP contribution is -1.97. The average molecular weight is 367 g/mol. The molecule has 5 nitrogen and oxygen atoms in total. The summed E-state index contributed by atoms with van der Waals surface area (Å²) >= 11 is 1.46. The van der Waals surface area contributed by atoms with Gasteiger partial charge in [-0.3, -0.25) is 4.98 Å². The number of pyridine rings is 2. The first kappa shape index (κ1) is 16.3. The molecule has 0 spiro atoms. The van der Waals surface area contributed by atoms with E-state index in [9.17, 15) is 8.78 Å². The molecule has 0 aliphatic rings. The predicted octanol–water partition coefficient (Wildman–Crippen LogP) is 4.31. The first-order chi connectivity index (χ1) is 12.6. The molecule has 0 amide bonds. The van der Waals surface area contributed by atoms with Crippen molar-refractivity contribution in [2.24, 2.45) is 0 Å². The molecule has 4 rings (SSSR count). The maximum absolute atomic E-state index is 14.0. The van der Waals surface area contributed by atoms with Crippen LogP contribution in [0.3, 0.4) is 0 Å². The fourth-order valence-corrected chi connectivity index (χ4v) is 3.45. The van der Waals surface area contributed by atoms with Crippen LogP contribution in [-0.2, 0) is 0 Å². The van der Waals surface area contributed by atoms with E-state index < -0.39 is 11.6 Å². The van der Waals surface area contributed by atoms with Crippen molar-refractivity contribution < 1.29 is 8.78 Å². The predicted molar refractivity (Wildman–Crippen MR) is 94.3 cm³/mol. The van der Waals surface area contributed by atoms with Crippen molar-refractivity contribution in [1.29, 1.82) is 0 Å². The molecule has 0 saturated carbocycles. The van der Waals surface area contributed by atoms with Gasteiger partial charge >= 0.3 is 0 Å². The molecule has 8 heteroatoms. The van der Waals surface area contributed by atoms with Crippen LogP contribution in [0, 0.1) is 18.6 Å². The van der Waals surface area contributed by atoms with Crippen molar-refractivity contribution in [3.8, 4) is 32.7 Å². The Kier molecular flexibility index (Phi) is 4.18. The van der Waals surface area contributed by atoms with Crippen molar-refractivity contribution in [3.63, 3.8) is 0 Å². The van der Waals surface area contributed by atoms with Crippen LogP contribution in [0.25, 0.3) is 32.7 Å². The third-order valence-corrected chi connectivity index (χ3v) is 4.84. The summed E-state index contributed by atoms with van der Waals surface area (Å²) in [5.41, 5.74) is 2.21. The lowest BCUT2D eigenvalue weighted by atomic mass is 10.2. The van der Waals surface area contributed by atoms with E-state index in [4.69, 9.17) is 0 Å². The van der Waals surface area contributed by atoms with Crippen LogP contribution in [0.4, 0.5) is 8.78 Å². The Bertz CT molecular complexity index is 1080. The van der Waals surface area contributed by atoms with Crippen LogP contribution in [-0.4, -0.2) is 24.9 Å². The molecule has 0 N–H and O–H groups in total. The van der Waals surface area contributed by atoms with E-state index in [1.54, 1.807) is 18.5 Å². The number of halogens is 2. The Morgan fingerprint density at radius 1 is 1.00 bits per heavy atom. The van der Waals surface area contributed by atoms with Gasteiger partial charge in [-0.2, -0.15) is 0 Å². The van der Waals surface area contributed by atoms with Gasteiger partial charge in [0.25, 0.3) is 0 Å². The maximum Gasteiger partial charge on any atom is 0.181 e. The maximum atomic E-state index is 14.0. The molecule has 0 radical (unpaired) electrons. The van der Waals surface area contributed by atoms with Crippen LogP contribution in [0.5, 0.6) is 0 Å². The van der Waals surface area contributed by atoms with Crippen molar-refractivity contribution in [3.05, 3.63) is 66.4 Å². The van der Waals surface area contributed by atoms with Crippen molar-refractivity contribution >= 4 is 11.3 Å². The van der Waals surface area contributed by atoms with E-state index in [0.29, 0.717) is 5.69 Å². The molecule has 4 heterocycles. The molecule has 0 aromatic carbocycles. The number of hydrogen-bond acceptors (Lipinski definition) is 6. The molecule has 128 valence electrons. The smallest absolute Gasteiger partial charge is 0.181 e. The summed E-state index contributed by atoms with van der Waals surface area (Å²) in [6.45, 7) is 1.88. The van der Waals surface area contributed by atoms with Crippen molar-refractivity contribution in [2.75, 3.05) is 0 Å². The topological polar surface area (TPSA) is 64.5 Å². The summed E-state index contributed by atoms with van der Waals surface area (Å²) in [4.78, 5) is 21.7. The second-order valence-corrected chi connectivity index (χ2v) is 6.42. The number of thiazole rings is 1. The Balaban J connectivity index is 1.77. The van der Waals surface area contributed by atoms with E-state index in [1.807, 2.05) is 19.1 Å². The van der Waals surface area contributed by atoms with Gasteiger partial charge in [0.1, 0.15) is 16.5 Å². The SMILES string of the molecule is Cc1nc(-c2cccnc2)sc1-c1ccnc(-c2ncc(F)cc2F)n1. The summed E-state index contributed by atoms with van der Waals surface area (Å²) < 4.78 is 27.0. The quantitative estimate of drug-likeness (QED) is 0.540. The number of aromatic nitrogens is 5. The molecule has 4 aromatic heterocycles. The minimum atomic E-state index is -0.806. The molecule has 0 saturated heterocycles. The summed E-state index contributed by atoms with van der Waals surface area (Å²) in [5, 5.41) is 0.817. The van der Waals surface area contributed by atoms with Gasteiger partial charge in [-0.1, -0.05) is 0 Å². The Hall–Kier alpha value is -3.13. The van der Waals surface area contributed by atoms with Gasteiger partial charge in [-0.05, 0) is 25.1 Å². The number of hydrogen-bond donors (Lipinski definition) is 0. The molecule has 0 bridgehead atoms. The van der Waals surface area contributed by atoms with Gasteiger partial charge in [-0.25, -0.2) is 28.7 Å². The second kappa shape index (κ2) is 6.64. The third kappa shape index (κ3) is 3.06.